The number of hydrogen-bond acceptors (Lipinski definition) is 3. The van der Waals surface area contributed by atoms with E-state index < -0.39 is 0 Å². The predicted octanol–water partition coefficient (Wildman–Crippen LogP) is 1.17. The molecule has 0 radical (unpaired) electrons. The van der Waals surface area contributed by atoms with Crippen LogP contribution >= 0.6 is 0 Å². The predicted molar refractivity (Wildman–Crippen MR) is 75.6 cm³/mol. The second kappa shape index (κ2) is 6.53. The van der Waals surface area contributed by atoms with Crippen molar-refractivity contribution in [3.05, 3.63) is 0 Å². The van der Waals surface area contributed by atoms with Gasteiger partial charge in [-0.2, -0.15) is 0 Å². The average molecular weight is 255 g/mol. The Hall–Kier alpha value is -0.610. The van der Waals surface area contributed by atoms with Crippen LogP contribution < -0.4 is 5.32 Å². The van der Waals surface area contributed by atoms with Gasteiger partial charge in [-0.15, -0.1) is 0 Å². The molecular weight excluding hydrogens is 226 g/mol. The van der Waals surface area contributed by atoms with Gasteiger partial charge in [-0.05, 0) is 26.7 Å². The molecule has 1 aliphatic heterocycles. The van der Waals surface area contributed by atoms with E-state index in [1.165, 1.54) is 0 Å². The van der Waals surface area contributed by atoms with Crippen LogP contribution in [0.15, 0.2) is 0 Å². The molecule has 1 saturated heterocycles. The van der Waals surface area contributed by atoms with Crippen molar-refractivity contribution in [1.29, 1.82) is 0 Å². The number of nitrogens with one attached hydrogen (secondary N) is 1. The molecule has 0 aromatic heterocycles. The molecule has 0 saturated carbocycles. The summed E-state index contributed by atoms with van der Waals surface area (Å²) in [5, 5.41) is 2.98. The summed E-state index contributed by atoms with van der Waals surface area (Å²) in [6.45, 7) is 16.4. The molecule has 1 aliphatic rings. The average Bonchev–Trinajstić information content (AvgIpc) is 2.26. The summed E-state index contributed by atoms with van der Waals surface area (Å²) < 4.78 is 0. The van der Waals surface area contributed by atoms with E-state index in [4.69, 9.17) is 0 Å². The normalized spacial score (nSPS) is 19.2. The van der Waals surface area contributed by atoms with Crippen LogP contribution in [0.1, 0.15) is 34.6 Å². The van der Waals surface area contributed by atoms with Gasteiger partial charge in [0.1, 0.15) is 0 Å². The van der Waals surface area contributed by atoms with E-state index >= 15 is 0 Å². The van der Waals surface area contributed by atoms with Gasteiger partial charge >= 0.3 is 0 Å². The minimum Gasteiger partial charge on any atom is -0.355 e. The molecule has 0 aromatic rings. The Morgan fingerprint density at radius 2 is 1.72 bits per heavy atom. The first kappa shape index (κ1) is 15.4. The van der Waals surface area contributed by atoms with Crippen molar-refractivity contribution in [2.75, 3.05) is 39.3 Å². The molecule has 1 amide bonds. The third-order valence-corrected chi connectivity index (χ3v) is 3.40. The fraction of sp³-hybridized carbons (Fsp3) is 0.929. The van der Waals surface area contributed by atoms with E-state index in [0.717, 1.165) is 32.7 Å². The lowest BCUT2D eigenvalue weighted by Gasteiger charge is -2.42. The molecule has 4 nitrogen and oxygen atoms in total. The lowest BCUT2D eigenvalue weighted by Crippen LogP contribution is -2.54. The number of amides is 1. The number of hydrogen-bond donors (Lipinski definition) is 1. The van der Waals surface area contributed by atoms with Gasteiger partial charge < -0.3 is 5.32 Å². The molecule has 0 unspecified atom stereocenters. The zero-order valence-corrected chi connectivity index (χ0v) is 12.6. The first-order valence-corrected chi connectivity index (χ1v) is 7.03. The first-order valence-electron chi connectivity index (χ1n) is 7.03. The van der Waals surface area contributed by atoms with E-state index in [1.54, 1.807) is 0 Å². The zero-order chi connectivity index (χ0) is 13.8. The van der Waals surface area contributed by atoms with Gasteiger partial charge in [0.2, 0.25) is 5.91 Å². The Balaban J connectivity index is 2.25. The maximum absolute atomic E-state index is 11.7. The molecule has 0 bridgehead atoms. The van der Waals surface area contributed by atoms with Crippen LogP contribution in [0.4, 0.5) is 0 Å². The van der Waals surface area contributed by atoms with Crippen LogP contribution in [-0.4, -0.2) is 60.5 Å². The molecule has 4 heteroatoms. The van der Waals surface area contributed by atoms with Crippen LogP contribution in [0.2, 0.25) is 0 Å². The fourth-order valence-electron chi connectivity index (χ4n) is 2.15. The molecular formula is C14H29N3O. The lowest BCUT2D eigenvalue weighted by atomic mass is 10.1. The summed E-state index contributed by atoms with van der Waals surface area (Å²) in [7, 11) is 0. The largest absolute Gasteiger partial charge is 0.355 e. The summed E-state index contributed by atoms with van der Waals surface area (Å²) >= 11 is 0. The van der Waals surface area contributed by atoms with Gasteiger partial charge in [-0.25, -0.2) is 0 Å². The number of piperazine rings is 1. The standard InChI is InChI=1S/C14H29N3O/c1-12(2)10-15-13(18)11-16-6-8-17(9-7-16)14(3,4)5/h12H,6-11H2,1-5H3,(H,15,18). The maximum Gasteiger partial charge on any atom is 0.234 e. The van der Waals surface area contributed by atoms with Crippen molar-refractivity contribution in [1.82, 2.24) is 15.1 Å². The second-order valence-corrected chi connectivity index (χ2v) is 6.63. The number of rotatable bonds is 4. The smallest absolute Gasteiger partial charge is 0.234 e. The highest BCUT2D eigenvalue weighted by Crippen LogP contribution is 2.15. The lowest BCUT2D eigenvalue weighted by molar-refractivity contribution is -0.123. The van der Waals surface area contributed by atoms with Crippen molar-refractivity contribution < 1.29 is 4.79 Å². The molecule has 1 fully saturated rings. The summed E-state index contributed by atoms with van der Waals surface area (Å²) in [6, 6.07) is 0. The van der Waals surface area contributed by atoms with Gasteiger partial charge in [0, 0.05) is 38.3 Å². The number of carbonyl (C=O) groups excluding carboxylic acids is 1. The second-order valence-electron chi connectivity index (χ2n) is 6.63. The van der Waals surface area contributed by atoms with E-state index in [1.807, 2.05) is 0 Å². The number of carbonyl (C=O) groups is 1. The van der Waals surface area contributed by atoms with Crippen molar-refractivity contribution in [2.45, 2.75) is 40.2 Å². The molecule has 1 rings (SSSR count). The van der Waals surface area contributed by atoms with Crippen LogP contribution in [0.3, 0.4) is 0 Å². The van der Waals surface area contributed by atoms with Gasteiger partial charge in [-0.1, -0.05) is 13.8 Å². The Morgan fingerprint density at radius 3 is 2.17 bits per heavy atom. The van der Waals surface area contributed by atoms with Gasteiger partial charge in [0.25, 0.3) is 0 Å². The van der Waals surface area contributed by atoms with Gasteiger partial charge in [0.15, 0.2) is 0 Å². The van der Waals surface area contributed by atoms with Crippen molar-refractivity contribution in [2.24, 2.45) is 5.92 Å². The Kier molecular flexibility index (Phi) is 5.60. The topological polar surface area (TPSA) is 35.6 Å². The van der Waals surface area contributed by atoms with Crippen molar-refractivity contribution in [3.8, 4) is 0 Å². The molecule has 18 heavy (non-hydrogen) atoms. The number of nitrogens with zero attached hydrogens (tertiary/aromatic N) is 2. The van der Waals surface area contributed by atoms with Crippen molar-refractivity contribution >= 4 is 5.91 Å². The van der Waals surface area contributed by atoms with E-state index in [-0.39, 0.29) is 11.4 Å². The Morgan fingerprint density at radius 1 is 1.17 bits per heavy atom. The Bertz CT molecular complexity index is 263. The highest BCUT2D eigenvalue weighted by molar-refractivity contribution is 5.78. The molecule has 1 heterocycles. The summed E-state index contributed by atoms with van der Waals surface area (Å²) in [6.07, 6.45) is 0. The maximum atomic E-state index is 11.7. The molecule has 0 atom stereocenters. The van der Waals surface area contributed by atoms with Gasteiger partial charge in [-0.3, -0.25) is 14.6 Å². The monoisotopic (exact) mass is 255 g/mol. The van der Waals surface area contributed by atoms with Crippen LogP contribution in [0.5, 0.6) is 0 Å². The quantitative estimate of drug-likeness (QED) is 0.819. The minimum absolute atomic E-state index is 0.160. The fourth-order valence-corrected chi connectivity index (χ4v) is 2.15. The molecule has 106 valence electrons. The highest BCUT2D eigenvalue weighted by Gasteiger charge is 2.26. The van der Waals surface area contributed by atoms with Crippen LogP contribution in [0.25, 0.3) is 0 Å². The Labute approximate surface area is 112 Å². The van der Waals surface area contributed by atoms with E-state index in [9.17, 15) is 4.79 Å². The third-order valence-electron chi connectivity index (χ3n) is 3.40. The molecule has 0 aromatic carbocycles. The van der Waals surface area contributed by atoms with E-state index in [0.29, 0.717) is 12.5 Å². The van der Waals surface area contributed by atoms with Gasteiger partial charge in [0.05, 0.1) is 6.54 Å². The SMILES string of the molecule is CC(C)CNC(=O)CN1CCN(C(C)(C)C)CC1. The van der Waals surface area contributed by atoms with Crippen molar-refractivity contribution in [3.63, 3.8) is 0 Å². The highest BCUT2D eigenvalue weighted by atomic mass is 16.2. The summed E-state index contributed by atoms with van der Waals surface area (Å²) in [5.41, 5.74) is 0.242. The molecule has 0 spiro atoms. The summed E-state index contributed by atoms with van der Waals surface area (Å²) in [5.74, 6) is 0.680. The minimum atomic E-state index is 0.160. The van der Waals surface area contributed by atoms with E-state index in [2.05, 4.69) is 49.7 Å². The van der Waals surface area contributed by atoms with Crippen LogP contribution in [-0.2, 0) is 4.79 Å². The first-order chi connectivity index (χ1) is 8.29. The third kappa shape index (κ3) is 5.36. The molecule has 1 N–H and O–H groups in total. The summed E-state index contributed by atoms with van der Waals surface area (Å²) in [4.78, 5) is 16.5. The molecule has 0 aliphatic carbocycles. The van der Waals surface area contributed by atoms with Crippen LogP contribution in [0, 0.1) is 5.92 Å². The zero-order valence-electron chi connectivity index (χ0n) is 12.6.